The van der Waals surface area contributed by atoms with Crippen molar-refractivity contribution < 1.29 is 9.90 Å². The Morgan fingerprint density at radius 3 is 2.56 bits per heavy atom. The first-order valence-electron chi connectivity index (χ1n) is 3.07. The number of carbonyl (C=O) groups is 1. The highest BCUT2D eigenvalue weighted by atomic mass is 16.3. The molecule has 0 radical (unpaired) electrons. The summed E-state index contributed by atoms with van der Waals surface area (Å²) >= 11 is 0. The molecule has 2 heteroatoms. The van der Waals surface area contributed by atoms with Gasteiger partial charge in [-0.2, -0.15) is 0 Å². The van der Waals surface area contributed by atoms with E-state index in [9.17, 15) is 4.79 Å². The molecule has 0 spiro atoms. The minimum absolute atomic E-state index is 0.0963. The van der Waals surface area contributed by atoms with Crippen molar-refractivity contribution in [2.45, 2.75) is 26.7 Å². The summed E-state index contributed by atoms with van der Waals surface area (Å²) in [4.78, 5) is 10.3. The molecule has 52 valence electrons. The molecule has 0 atom stereocenters. The van der Waals surface area contributed by atoms with Gasteiger partial charge >= 0.3 is 0 Å². The molecule has 0 heterocycles. The van der Waals surface area contributed by atoms with Gasteiger partial charge in [-0.25, -0.2) is 0 Å². The zero-order valence-electron chi connectivity index (χ0n) is 5.85. The lowest BCUT2D eigenvalue weighted by atomic mass is 10.2. The van der Waals surface area contributed by atoms with Crippen LogP contribution >= 0.6 is 0 Å². The number of hydrogen-bond donors (Lipinski definition) is 1. The van der Waals surface area contributed by atoms with E-state index >= 15 is 0 Å². The fourth-order valence-corrected chi connectivity index (χ4v) is 0.563. The SMILES string of the molecule is CCCC(O)=CC(C)=O. The standard InChI is InChI=1S/C7H12O2/c1-3-4-7(9)5-6(2)8/h5,9H,3-4H2,1-2H3. The molecule has 1 N–H and O–H groups in total. The summed E-state index contributed by atoms with van der Waals surface area (Å²) in [7, 11) is 0. The van der Waals surface area contributed by atoms with Crippen LogP contribution in [-0.4, -0.2) is 10.9 Å². The molecular weight excluding hydrogens is 116 g/mol. The monoisotopic (exact) mass is 128 g/mol. The van der Waals surface area contributed by atoms with Gasteiger partial charge in [0, 0.05) is 12.5 Å². The molecule has 0 aliphatic heterocycles. The topological polar surface area (TPSA) is 37.3 Å². The Morgan fingerprint density at radius 2 is 2.22 bits per heavy atom. The van der Waals surface area contributed by atoms with Gasteiger partial charge in [-0.3, -0.25) is 4.79 Å². The Bertz CT molecular complexity index is 125. The Hall–Kier alpha value is -0.790. The maximum atomic E-state index is 10.3. The van der Waals surface area contributed by atoms with E-state index < -0.39 is 0 Å². The highest BCUT2D eigenvalue weighted by Crippen LogP contribution is 1.98. The molecule has 0 rings (SSSR count). The second kappa shape index (κ2) is 4.13. The molecule has 9 heavy (non-hydrogen) atoms. The molecule has 0 bridgehead atoms. The van der Waals surface area contributed by atoms with Gasteiger partial charge in [0.05, 0.1) is 5.76 Å². The minimum atomic E-state index is -0.0963. The van der Waals surface area contributed by atoms with Crippen molar-refractivity contribution in [1.82, 2.24) is 0 Å². The first kappa shape index (κ1) is 8.21. The summed E-state index contributed by atoms with van der Waals surface area (Å²) < 4.78 is 0. The molecule has 0 aliphatic carbocycles. The second-order valence-electron chi connectivity index (χ2n) is 2.00. The van der Waals surface area contributed by atoms with E-state index in [0.29, 0.717) is 6.42 Å². The quantitative estimate of drug-likeness (QED) is 0.465. The third-order valence-electron chi connectivity index (χ3n) is 0.876. The summed E-state index contributed by atoms with van der Waals surface area (Å²) in [5.74, 6) is 0.0888. The van der Waals surface area contributed by atoms with Crippen molar-refractivity contribution in [3.05, 3.63) is 11.8 Å². The van der Waals surface area contributed by atoms with Crippen LogP contribution < -0.4 is 0 Å². The van der Waals surface area contributed by atoms with Crippen LogP contribution in [0.5, 0.6) is 0 Å². The maximum absolute atomic E-state index is 10.3. The van der Waals surface area contributed by atoms with E-state index in [1.165, 1.54) is 13.0 Å². The van der Waals surface area contributed by atoms with Crippen LogP contribution in [0.1, 0.15) is 26.7 Å². The predicted molar refractivity (Wildman–Crippen MR) is 36.3 cm³/mol. The molecule has 0 unspecified atom stereocenters. The first-order chi connectivity index (χ1) is 4.16. The molecule has 0 aromatic heterocycles. The molecular formula is C7H12O2. The molecule has 0 saturated heterocycles. The van der Waals surface area contributed by atoms with Crippen LogP contribution in [0.4, 0.5) is 0 Å². The van der Waals surface area contributed by atoms with E-state index in [0.717, 1.165) is 6.42 Å². The zero-order chi connectivity index (χ0) is 7.28. The average Bonchev–Trinajstić information content (AvgIpc) is 1.63. The van der Waals surface area contributed by atoms with Crippen LogP contribution in [0.2, 0.25) is 0 Å². The maximum Gasteiger partial charge on any atom is 0.155 e. The smallest absolute Gasteiger partial charge is 0.155 e. The number of allylic oxidation sites excluding steroid dienone is 2. The molecule has 0 amide bonds. The van der Waals surface area contributed by atoms with E-state index in [-0.39, 0.29) is 11.5 Å². The normalized spacial score (nSPS) is 11.6. The van der Waals surface area contributed by atoms with E-state index in [1.807, 2.05) is 6.92 Å². The number of aliphatic hydroxyl groups excluding tert-OH is 1. The third kappa shape index (κ3) is 5.07. The number of aliphatic hydroxyl groups is 1. The lowest BCUT2D eigenvalue weighted by molar-refractivity contribution is -0.112. The van der Waals surface area contributed by atoms with E-state index in [1.54, 1.807) is 0 Å². The zero-order valence-corrected chi connectivity index (χ0v) is 5.85. The molecule has 0 aromatic rings. The van der Waals surface area contributed by atoms with Gasteiger partial charge in [-0.05, 0) is 13.3 Å². The molecule has 0 fully saturated rings. The Morgan fingerprint density at radius 1 is 1.67 bits per heavy atom. The van der Waals surface area contributed by atoms with E-state index in [4.69, 9.17) is 5.11 Å². The van der Waals surface area contributed by atoms with Crippen molar-refractivity contribution in [3.63, 3.8) is 0 Å². The number of ketones is 1. The number of hydrogen-bond acceptors (Lipinski definition) is 2. The van der Waals surface area contributed by atoms with Gasteiger partial charge in [-0.15, -0.1) is 0 Å². The summed E-state index contributed by atoms with van der Waals surface area (Å²) in [6.45, 7) is 3.37. The molecule has 0 saturated carbocycles. The van der Waals surface area contributed by atoms with Crippen molar-refractivity contribution in [1.29, 1.82) is 0 Å². The fourth-order valence-electron chi connectivity index (χ4n) is 0.563. The van der Waals surface area contributed by atoms with Crippen LogP contribution in [0.15, 0.2) is 11.8 Å². The van der Waals surface area contributed by atoms with Crippen molar-refractivity contribution >= 4 is 5.78 Å². The first-order valence-corrected chi connectivity index (χ1v) is 3.07. The van der Waals surface area contributed by atoms with E-state index in [2.05, 4.69) is 0 Å². The van der Waals surface area contributed by atoms with Crippen LogP contribution in [-0.2, 0) is 4.79 Å². The lowest BCUT2D eigenvalue weighted by Crippen LogP contribution is -1.87. The van der Waals surface area contributed by atoms with Crippen LogP contribution in [0.25, 0.3) is 0 Å². The fraction of sp³-hybridized carbons (Fsp3) is 0.571. The van der Waals surface area contributed by atoms with Crippen LogP contribution in [0.3, 0.4) is 0 Å². The van der Waals surface area contributed by atoms with Crippen LogP contribution in [0, 0.1) is 0 Å². The number of rotatable bonds is 3. The Balaban J connectivity index is 3.69. The number of carbonyl (C=O) groups excluding carboxylic acids is 1. The lowest BCUT2D eigenvalue weighted by Gasteiger charge is -1.92. The summed E-state index contributed by atoms with van der Waals surface area (Å²) in [6.07, 6.45) is 2.72. The van der Waals surface area contributed by atoms with Gasteiger partial charge < -0.3 is 5.11 Å². The van der Waals surface area contributed by atoms with Crippen molar-refractivity contribution in [3.8, 4) is 0 Å². The third-order valence-corrected chi connectivity index (χ3v) is 0.876. The predicted octanol–water partition coefficient (Wildman–Crippen LogP) is 1.82. The molecule has 2 nitrogen and oxygen atoms in total. The Kier molecular flexibility index (Phi) is 3.76. The van der Waals surface area contributed by atoms with Gasteiger partial charge in [0.2, 0.25) is 0 Å². The van der Waals surface area contributed by atoms with Gasteiger partial charge in [0.25, 0.3) is 0 Å². The van der Waals surface area contributed by atoms with Gasteiger partial charge in [0.1, 0.15) is 0 Å². The summed E-state index contributed by atoms with van der Waals surface area (Å²) in [5.41, 5.74) is 0. The average molecular weight is 128 g/mol. The minimum Gasteiger partial charge on any atom is -0.512 e. The molecule has 0 aromatic carbocycles. The highest BCUT2D eigenvalue weighted by molar-refractivity contribution is 5.87. The Labute approximate surface area is 55.2 Å². The second-order valence-corrected chi connectivity index (χ2v) is 2.00. The van der Waals surface area contributed by atoms with Crippen molar-refractivity contribution in [2.24, 2.45) is 0 Å². The van der Waals surface area contributed by atoms with Gasteiger partial charge in [-0.1, -0.05) is 6.92 Å². The van der Waals surface area contributed by atoms with Crippen molar-refractivity contribution in [2.75, 3.05) is 0 Å². The molecule has 0 aliphatic rings. The highest BCUT2D eigenvalue weighted by Gasteiger charge is 1.91. The summed E-state index contributed by atoms with van der Waals surface area (Å²) in [6, 6.07) is 0. The van der Waals surface area contributed by atoms with Gasteiger partial charge in [0.15, 0.2) is 5.78 Å². The summed E-state index contributed by atoms with van der Waals surface area (Å²) in [5, 5.41) is 8.86. The largest absolute Gasteiger partial charge is 0.512 e.